The van der Waals surface area contributed by atoms with Crippen LogP contribution < -0.4 is 10.3 Å². The Bertz CT molecular complexity index is 723. The van der Waals surface area contributed by atoms with E-state index >= 15 is 0 Å². The first-order valence-corrected chi connectivity index (χ1v) is 7.94. The van der Waals surface area contributed by atoms with E-state index in [1.165, 1.54) is 35.1 Å². The van der Waals surface area contributed by atoms with E-state index in [0.29, 0.717) is 4.34 Å². The van der Waals surface area contributed by atoms with Crippen LogP contribution >= 0.6 is 22.9 Å². The topological polar surface area (TPSA) is 81.1 Å². The molecule has 0 aliphatic rings. The largest absolute Gasteiger partial charge is 0.268 e. The summed E-state index contributed by atoms with van der Waals surface area (Å²) in [6.45, 7) is 0.243. The van der Waals surface area contributed by atoms with Gasteiger partial charge in [0.2, 0.25) is 10.0 Å². The zero-order valence-electron chi connectivity index (χ0n) is 9.61. The van der Waals surface area contributed by atoms with Crippen molar-refractivity contribution in [2.45, 2.75) is 10.8 Å². The van der Waals surface area contributed by atoms with Gasteiger partial charge in [-0.25, -0.2) is 17.8 Å². The Hall–Kier alpha value is -1.22. The van der Waals surface area contributed by atoms with Gasteiger partial charge in [0.15, 0.2) is 0 Å². The van der Waals surface area contributed by atoms with Gasteiger partial charge in [0.1, 0.15) is 4.21 Å². The average Bonchev–Trinajstić information content (AvgIpc) is 2.79. The summed E-state index contributed by atoms with van der Waals surface area (Å²) in [5.74, 6) is 0. The summed E-state index contributed by atoms with van der Waals surface area (Å²) >= 11 is 6.66. The van der Waals surface area contributed by atoms with Crippen LogP contribution in [0.2, 0.25) is 4.34 Å². The van der Waals surface area contributed by atoms with Crippen molar-refractivity contribution in [2.24, 2.45) is 0 Å². The first-order valence-electron chi connectivity index (χ1n) is 5.26. The molecule has 0 amide bonds. The summed E-state index contributed by atoms with van der Waals surface area (Å²) < 4.78 is 27.8. The van der Waals surface area contributed by atoms with Crippen LogP contribution in [0.4, 0.5) is 0 Å². The Morgan fingerprint density at radius 3 is 2.79 bits per heavy atom. The highest BCUT2D eigenvalue weighted by Gasteiger charge is 2.15. The molecule has 0 spiro atoms. The van der Waals surface area contributed by atoms with Gasteiger partial charge in [0.25, 0.3) is 5.56 Å². The number of hydrogen-bond donors (Lipinski definition) is 1. The molecular weight excluding hydrogens is 310 g/mol. The van der Waals surface area contributed by atoms with Crippen molar-refractivity contribution in [3.05, 3.63) is 45.2 Å². The quantitative estimate of drug-likeness (QED) is 0.889. The Morgan fingerprint density at radius 2 is 2.16 bits per heavy atom. The highest BCUT2D eigenvalue weighted by atomic mass is 35.5. The Kier molecular flexibility index (Phi) is 4.35. The molecule has 2 rings (SSSR count). The fraction of sp³-hybridized carbons (Fsp3) is 0.200. The summed E-state index contributed by atoms with van der Waals surface area (Å²) in [7, 11) is -3.58. The van der Waals surface area contributed by atoms with Crippen LogP contribution in [0, 0.1) is 0 Å². The SMILES string of the molecule is O=c1cccnn1CCNS(=O)(=O)c1ccc(Cl)s1. The highest BCUT2D eigenvalue weighted by Crippen LogP contribution is 2.25. The second kappa shape index (κ2) is 5.83. The first-order chi connectivity index (χ1) is 8.99. The molecule has 2 heterocycles. The van der Waals surface area contributed by atoms with Crippen LogP contribution in [0.3, 0.4) is 0 Å². The summed E-state index contributed by atoms with van der Waals surface area (Å²) in [5, 5.41) is 3.83. The van der Waals surface area contributed by atoms with Gasteiger partial charge in [-0.1, -0.05) is 11.6 Å². The minimum atomic E-state index is -3.58. The number of hydrogen-bond acceptors (Lipinski definition) is 5. The highest BCUT2D eigenvalue weighted by molar-refractivity contribution is 7.91. The molecule has 0 unspecified atom stereocenters. The van der Waals surface area contributed by atoms with E-state index in [1.54, 1.807) is 0 Å². The number of thiophene rings is 1. The summed E-state index contributed by atoms with van der Waals surface area (Å²) in [4.78, 5) is 11.4. The third kappa shape index (κ3) is 3.63. The normalized spacial score (nSPS) is 11.6. The molecule has 102 valence electrons. The van der Waals surface area contributed by atoms with E-state index in [1.807, 2.05) is 0 Å². The summed E-state index contributed by atoms with van der Waals surface area (Å²) in [6.07, 6.45) is 1.47. The van der Waals surface area contributed by atoms with Crippen LogP contribution in [0.1, 0.15) is 0 Å². The molecule has 6 nitrogen and oxygen atoms in total. The molecule has 0 aliphatic heterocycles. The number of nitrogens with zero attached hydrogens (tertiary/aromatic N) is 2. The minimum Gasteiger partial charge on any atom is -0.268 e. The van der Waals surface area contributed by atoms with Crippen LogP contribution in [0.25, 0.3) is 0 Å². The standard InChI is InChI=1S/C10H10ClN3O3S2/c11-8-3-4-10(18-8)19(16,17)13-6-7-14-9(15)2-1-5-12-14/h1-5,13H,6-7H2. The van der Waals surface area contributed by atoms with E-state index < -0.39 is 10.0 Å². The van der Waals surface area contributed by atoms with Gasteiger partial charge in [-0.2, -0.15) is 5.10 Å². The molecule has 1 N–H and O–H groups in total. The molecule has 0 atom stereocenters. The summed E-state index contributed by atoms with van der Waals surface area (Å²) in [6, 6.07) is 5.84. The number of halogens is 1. The molecule has 19 heavy (non-hydrogen) atoms. The Morgan fingerprint density at radius 1 is 1.37 bits per heavy atom. The lowest BCUT2D eigenvalue weighted by Gasteiger charge is -2.05. The van der Waals surface area contributed by atoms with Gasteiger partial charge in [-0.3, -0.25) is 4.79 Å². The number of nitrogens with one attached hydrogen (secondary N) is 1. The number of aromatic nitrogens is 2. The smallest absolute Gasteiger partial charge is 0.266 e. The van der Waals surface area contributed by atoms with Crippen LogP contribution in [0.5, 0.6) is 0 Å². The van der Waals surface area contributed by atoms with E-state index in [-0.39, 0.29) is 22.9 Å². The van der Waals surface area contributed by atoms with Crippen LogP contribution in [-0.4, -0.2) is 24.7 Å². The lowest BCUT2D eigenvalue weighted by atomic mass is 10.5. The van der Waals surface area contributed by atoms with E-state index in [4.69, 9.17) is 11.6 Å². The van der Waals surface area contributed by atoms with Crippen molar-refractivity contribution >= 4 is 33.0 Å². The molecule has 2 aromatic rings. The van der Waals surface area contributed by atoms with Gasteiger partial charge in [-0.05, 0) is 18.2 Å². The van der Waals surface area contributed by atoms with Gasteiger partial charge >= 0.3 is 0 Å². The molecule has 0 bridgehead atoms. The van der Waals surface area contributed by atoms with E-state index in [0.717, 1.165) is 11.3 Å². The average molecular weight is 320 g/mol. The second-order valence-electron chi connectivity index (χ2n) is 3.54. The van der Waals surface area contributed by atoms with Crippen molar-refractivity contribution in [3.63, 3.8) is 0 Å². The molecule has 9 heteroatoms. The second-order valence-corrected chi connectivity index (χ2v) is 7.25. The fourth-order valence-electron chi connectivity index (χ4n) is 1.35. The Balaban J connectivity index is 2.00. The predicted molar refractivity (Wildman–Crippen MR) is 73.0 cm³/mol. The molecular formula is C10H10ClN3O3S2. The van der Waals surface area contributed by atoms with Crippen molar-refractivity contribution in [1.82, 2.24) is 14.5 Å². The monoisotopic (exact) mass is 319 g/mol. The van der Waals surface area contributed by atoms with Gasteiger partial charge in [0, 0.05) is 18.8 Å². The number of sulfonamides is 1. The maximum Gasteiger partial charge on any atom is 0.266 e. The first kappa shape index (κ1) is 14.2. The maximum atomic E-state index is 11.9. The maximum absolute atomic E-state index is 11.9. The third-order valence-electron chi connectivity index (χ3n) is 2.21. The van der Waals surface area contributed by atoms with Crippen LogP contribution in [0.15, 0.2) is 39.5 Å². The molecule has 0 radical (unpaired) electrons. The van der Waals surface area contributed by atoms with Crippen molar-refractivity contribution in [2.75, 3.05) is 6.54 Å². The van der Waals surface area contributed by atoms with Gasteiger partial charge in [-0.15, -0.1) is 11.3 Å². The zero-order chi connectivity index (χ0) is 13.9. The zero-order valence-corrected chi connectivity index (χ0v) is 12.0. The van der Waals surface area contributed by atoms with E-state index in [9.17, 15) is 13.2 Å². The van der Waals surface area contributed by atoms with Gasteiger partial charge < -0.3 is 0 Å². The van der Waals surface area contributed by atoms with Gasteiger partial charge in [0.05, 0.1) is 10.9 Å². The minimum absolute atomic E-state index is 0.0781. The number of rotatable bonds is 5. The molecule has 2 aromatic heterocycles. The summed E-state index contributed by atoms with van der Waals surface area (Å²) in [5.41, 5.74) is -0.277. The lowest BCUT2D eigenvalue weighted by molar-refractivity contribution is 0.548. The van der Waals surface area contributed by atoms with Crippen molar-refractivity contribution in [1.29, 1.82) is 0 Å². The van der Waals surface area contributed by atoms with Crippen LogP contribution in [-0.2, 0) is 16.6 Å². The molecule has 0 saturated carbocycles. The van der Waals surface area contributed by atoms with Crippen molar-refractivity contribution in [3.8, 4) is 0 Å². The Labute approximate surface area is 118 Å². The predicted octanol–water partition coefficient (Wildman–Crippen LogP) is 0.937. The molecule has 0 fully saturated rings. The van der Waals surface area contributed by atoms with Crippen molar-refractivity contribution < 1.29 is 8.42 Å². The van der Waals surface area contributed by atoms with E-state index in [2.05, 4.69) is 9.82 Å². The lowest BCUT2D eigenvalue weighted by Crippen LogP contribution is -2.31. The third-order valence-corrected chi connectivity index (χ3v) is 5.40. The molecule has 0 aromatic carbocycles. The fourth-order valence-corrected chi connectivity index (χ4v) is 3.90. The molecule has 0 aliphatic carbocycles. The molecule has 0 saturated heterocycles.